The van der Waals surface area contributed by atoms with Crippen molar-refractivity contribution in [3.63, 3.8) is 0 Å². The first-order valence-electron chi connectivity index (χ1n) is 12.0. The number of amides is 2. The summed E-state index contributed by atoms with van der Waals surface area (Å²) in [5, 5.41) is 3.84. The Hall–Kier alpha value is -1.52. The average molecular weight is 479 g/mol. The first-order valence-corrected chi connectivity index (χ1v) is 12.7. The van der Waals surface area contributed by atoms with E-state index in [1.807, 2.05) is 20.8 Å². The maximum absolute atomic E-state index is 14.1. The number of benzene rings is 1. The van der Waals surface area contributed by atoms with Gasteiger partial charge in [0.25, 0.3) is 5.91 Å². The van der Waals surface area contributed by atoms with E-state index in [1.54, 1.807) is 24.3 Å². The lowest BCUT2D eigenvalue weighted by Gasteiger charge is -2.42. The van der Waals surface area contributed by atoms with Crippen LogP contribution in [0, 0.1) is 5.41 Å². The normalized spacial score (nSPS) is 19.0. The maximum Gasteiger partial charge on any atom is 0.270 e. The molecule has 0 atom stereocenters. The molecule has 3 rings (SSSR count). The summed E-state index contributed by atoms with van der Waals surface area (Å²) in [6.45, 7) is 5.52. The molecule has 1 aromatic carbocycles. The summed E-state index contributed by atoms with van der Waals surface area (Å²) in [7, 11) is 0. The van der Waals surface area contributed by atoms with E-state index in [-0.39, 0.29) is 29.6 Å². The standard InChI is InChI=1S/C26H36Cl2N2O2/c1-26(2,3)25(32)29-23(17-20-21(27)15-10-16-22(20)28)24(31)30(18-11-6-4-7-12-18)19-13-8-5-9-14-19/h10,15-19H,4-9,11-14H2,1-3H3,(H,29,32)/b23-17+. The minimum atomic E-state index is -0.635. The van der Waals surface area contributed by atoms with Gasteiger partial charge >= 0.3 is 0 Å². The number of carbonyl (C=O) groups excluding carboxylic acids is 2. The molecule has 4 nitrogen and oxygen atoms in total. The Morgan fingerprint density at radius 3 is 1.81 bits per heavy atom. The van der Waals surface area contributed by atoms with Crippen LogP contribution in [0.5, 0.6) is 0 Å². The molecule has 2 amide bonds. The highest BCUT2D eigenvalue weighted by molar-refractivity contribution is 6.37. The summed E-state index contributed by atoms with van der Waals surface area (Å²) >= 11 is 12.8. The Labute approximate surface area is 202 Å². The van der Waals surface area contributed by atoms with Crippen LogP contribution >= 0.6 is 23.2 Å². The molecular weight excluding hydrogens is 443 g/mol. The van der Waals surface area contributed by atoms with Crippen LogP contribution in [0.3, 0.4) is 0 Å². The second-order valence-corrected chi connectivity index (χ2v) is 11.0. The molecule has 32 heavy (non-hydrogen) atoms. The lowest BCUT2D eigenvalue weighted by Crippen LogP contribution is -2.51. The summed E-state index contributed by atoms with van der Waals surface area (Å²) in [6.07, 6.45) is 12.8. The summed E-state index contributed by atoms with van der Waals surface area (Å²) < 4.78 is 0. The smallest absolute Gasteiger partial charge is 0.270 e. The lowest BCUT2D eigenvalue weighted by molar-refractivity contribution is -0.136. The number of nitrogens with zero attached hydrogens (tertiary/aromatic N) is 1. The Morgan fingerprint density at radius 1 is 0.906 bits per heavy atom. The van der Waals surface area contributed by atoms with Crippen LogP contribution in [-0.4, -0.2) is 28.8 Å². The van der Waals surface area contributed by atoms with Crippen molar-refractivity contribution in [3.8, 4) is 0 Å². The minimum Gasteiger partial charge on any atom is -0.331 e. The van der Waals surface area contributed by atoms with Crippen LogP contribution in [-0.2, 0) is 9.59 Å². The van der Waals surface area contributed by atoms with Crippen molar-refractivity contribution in [2.24, 2.45) is 5.41 Å². The SMILES string of the molecule is CC(C)(C)C(=O)N/C(=C/c1c(Cl)cccc1Cl)C(=O)N(C1CCCCC1)C1CCCCC1. The third-order valence-corrected chi connectivity index (χ3v) is 7.28. The summed E-state index contributed by atoms with van der Waals surface area (Å²) in [6, 6.07) is 5.69. The molecule has 2 fully saturated rings. The highest BCUT2D eigenvalue weighted by atomic mass is 35.5. The molecule has 0 radical (unpaired) electrons. The zero-order valence-corrected chi connectivity index (χ0v) is 21.1. The van der Waals surface area contributed by atoms with Crippen molar-refractivity contribution in [1.82, 2.24) is 10.2 Å². The maximum atomic E-state index is 14.1. The fraction of sp³-hybridized carbons (Fsp3) is 0.615. The van der Waals surface area contributed by atoms with Gasteiger partial charge in [-0.05, 0) is 43.9 Å². The second kappa shape index (κ2) is 11.1. The van der Waals surface area contributed by atoms with Crippen LogP contribution in [0.25, 0.3) is 6.08 Å². The summed E-state index contributed by atoms with van der Waals surface area (Å²) in [4.78, 5) is 29.1. The molecular formula is C26H36Cl2N2O2. The van der Waals surface area contributed by atoms with E-state index in [4.69, 9.17) is 23.2 Å². The molecule has 1 aromatic rings. The predicted molar refractivity (Wildman–Crippen MR) is 133 cm³/mol. The topological polar surface area (TPSA) is 49.4 Å². The van der Waals surface area contributed by atoms with Gasteiger partial charge in [-0.25, -0.2) is 0 Å². The molecule has 2 aliphatic carbocycles. The molecule has 0 heterocycles. The highest BCUT2D eigenvalue weighted by Gasteiger charge is 2.35. The van der Waals surface area contributed by atoms with Gasteiger partial charge in [-0.15, -0.1) is 0 Å². The van der Waals surface area contributed by atoms with Gasteiger partial charge in [0.1, 0.15) is 5.70 Å². The molecule has 176 valence electrons. The molecule has 2 saturated carbocycles. The predicted octanol–water partition coefficient (Wildman–Crippen LogP) is 6.99. The van der Waals surface area contributed by atoms with Crippen LogP contribution < -0.4 is 5.32 Å². The zero-order chi connectivity index (χ0) is 23.3. The van der Waals surface area contributed by atoms with Crippen LogP contribution in [0.2, 0.25) is 10.0 Å². The van der Waals surface area contributed by atoms with Gasteiger partial charge < -0.3 is 10.2 Å². The number of rotatable bonds is 5. The van der Waals surface area contributed by atoms with Crippen molar-refractivity contribution in [2.45, 2.75) is 97.1 Å². The quantitative estimate of drug-likeness (QED) is 0.463. The largest absolute Gasteiger partial charge is 0.331 e. The molecule has 0 spiro atoms. The highest BCUT2D eigenvalue weighted by Crippen LogP contribution is 2.33. The fourth-order valence-electron chi connectivity index (χ4n) is 4.74. The van der Waals surface area contributed by atoms with E-state index in [0.717, 1.165) is 51.4 Å². The first-order chi connectivity index (χ1) is 15.2. The molecule has 0 aliphatic heterocycles. The van der Waals surface area contributed by atoms with E-state index >= 15 is 0 Å². The molecule has 0 aromatic heterocycles. The molecule has 0 unspecified atom stereocenters. The van der Waals surface area contributed by atoms with Gasteiger partial charge in [-0.3, -0.25) is 9.59 Å². The third-order valence-electron chi connectivity index (χ3n) is 6.62. The fourth-order valence-corrected chi connectivity index (χ4v) is 5.25. The van der Waals surface area contributed by atoms with Crippen molar-refractivity contribution >= 4 is 41.1 Å². The van der Waals surface area contributed by atoms with Gasteiger partial charge in [0, 0.05) is 33.1 Å². The van der Waals surface area contributed by atoms with Gasteiger partial charge in [0.15, 0.2) is 0 Å². The van der Waals surface area contributed by atoms with E-state index in [2.05, 4.69) is 10.2 Å². The number of halogens is 2. The van der Waals surface area contributed by atoms with Gasteiger partial charge in [0.05, 0.1) is 0 Å². The zero-order valence-electron chi connectivity index (χ0n) is 19.6. The van der Waals surface area contributed by atoms with Crippen molar-refractivity contribution in [3.05, 3.63) is 39.5 Å². The lowest BCUT2D eigenvalue weighted by atomic mass is 9.88. The molecule has 0 bridgehead atoms. The van der Waals surface area contributed by atoms with E-state index in [1.165, 1.54) is 12.8 Å². The number of nitrogens with one attached hydrogen (secondary N) is 1. The average Bonchev–Trinajstić information content (AvgIpc) is 2.76. The van der Waals surface area contributed by atoms with E-state index in [0.29, 0.717) is 15.6 Å². The minimum absolute atomic E-state index is 0.114. The summed E-state index contributed by atoms with van der Waals surface area (Å²) in [5.41, 5.74) is 0.182. The monoisotopic (exact) mass is 478 g/mol. The Morgan fingerprint density at radius 2 is 1.38 bits per heavy atom. The van der Waals surface area contributed by atoms with Gasteiger partial charge in [-0.1, -0.05) is 88.6 Å². The van der Waals surface area contributed by atoms with Crippen molar-refractivity contribution in [2.75, 3.05) is 0 Å². The first kappa shape index (κ1) is 25.1. The van der Waals surface area contributed by atoms with Crippen molar-refractivity contribution in [1.29, 1.82) is 0 Å². The van der Waals surface area contributed by atoms with Gasteiger partial charge in [0.2, 0.25) is 5.91 Å². The van der Waals surface area contributed by atoms with Gasteiger partial charge in [-0.2, -0.15) is 0 Å². The van der Waals surface area contributed by atoms with E-state index in [9.17, 15) is 9.59 Å². The van der Waals surface area contributed by atoms with Crippen LogP contribution in [0.4, 0.5) is 0 Å². The Kier molecular flexibility index (Phi) is 8.68. The molecule has 1 N–H and O–H groups in total. The summed E-state index contributed by atoms with van der Waals surface area (Å²) in [5.74, 6) is -0.315. The Bertz CT molecular complexity index is 810. The van der Waals surface area contributed by atoms with Crippen LogP contribution in [0.1, 0.15) is 90.5 Å². The van der Waals surface area contributed by atoms with E-state index < -0.39 is 5.41 Å². The van der Waals surface area contributed by atoms with Crippen LogP contribution in [0.15, 0.2) is 23.9 Å². The molecule has 0 saturated heterocycles. The number of carbonyl (C=O) groups is 2. The second-order valence-electron chi connectivity index (χ2n) is 10.2. The molecule has 6 heteroatoms. The third kappa shape index (κ3) is 6.29. The molecule has 2 aliphatic rings. The van der Waals surface area contributed by atoms with Crippen molar-refractivity contribution < 1.29 is 9.59 Å². The number of hydrogen-bond acceptors (Lipinski definition) is 2. The number of hydrogen-bond donors (Lipinski definition) is 1. The Balaban J connectivity index is 2.02.